The molecule has 34 heavy (non-hydrogen) atoms. The largest absolute Gasteiger partial charge is 0.368 e. The van der Waals surface area contributed by atoms with Crippen molar-refractivity contribution in [2.45, 2.75) is 42.0 Å². The van der Waals surface area contributed by atoms with Gasteiger partial charge in [-0.05, 0) is 43.0 Å². The molecule has 1 aliphatic heterocycles. The Kier molecular flexibility index (Phi) is 6.37. The molecule has 1 aliphatic rings. The van der Waals surface area contributed by atoms with Gasteiger partial charge in [-0.2, -0.15) is 0 Å². The Morgan fingerprint density at radius 1 is 0.500 bits per heavy atom. The summed E-state index contributed by atoms with van der Waals surface area (Å²) >= 11 is 0. The maximum Gasteiger partial charge on any atom is 0.106 e. The van der Waals surface area contributed by atoms with Crippen LogP contribution in [0.5, 0.6) is 0 Å². The summed E-state index contributed by atoms with van der Waals surface area (Å²) in [5, 5.41) is 0. The van der Waals surface area contributed by atoms with Crippen LogP contribution in [0.3, 0.4) is 0 Å². The van der Waals surface area contributed by atoms with Crippen LogP contribution in [0.1, 0.15) is 43.0 Å². The van der Waals surface area contributed by atoms with Gasteiger partial charge in [0.15, 0.2) is 0 Å². The van der Waals surface area contributed by atoms with Crippen LogP contribution in [0, 0.1) is 0 Å². The lowest BCUT2D eigenvalue weighted by molar-refractivity contribution is -0.0826. The summed E-state index contributed by atoms with van der Waals surface area (Å²) in [7, 11) is 3.87. The van der Waals surface area contributed by atoms with Crippen molar-refractivity contribution in [1.29, 1.82) is 0 Å². The van der Waals surface area contributed by atoms with Gasteiger partial charge in [-0.3, -0.25) is 0 Å². The molecule has 0 atom stereocenters. The molecule has 1 saturated heterocycles. The van der Waals surface area contributed by atoms with Crippen LogP contribution in [-0.2, 0) is 14.2 Å². The molecule has 3 heteroatoms. The second-order valence-electron chi connectivity index (χ2n) is 9.71. The van der Waals surface area contributed by atoms with Gasteiger partial charge in [0, 0.05) is 0 Å². The van der Waals surface area contributed by atoms with Crippen LogP contribution in [0.2, 0.25) is 0 Å². The highest BCUT2D eigenvalue weighted by Crippen LogP contribution is 2.71. The summed E-state index contributed by atoms with van der Waals surface area (Å²) in [5.41, 5.74) is 4.73. The molecule has 0 unspecified atom stereocenters. The molecule has 1 nitrogen and oxygen atoms in total. The van der Waals surface area contributed by atoms with Crippen LogP contribution >= 0.6 is 21.6 Å². The van der Waals surface area contributed by atoms with Gasteiger partial charge in [-0.25, -0.2) is 0 Å². The van der Waals surface area contributed by atoms with Crippen molar-refractivity contribution < 1.29 is 4.74 Å². The molecule has 1 heterocycles. The summed E-state index contributed by atoms with van der Waals surface area (Å²) < 4.78 is 6.41. The molecule has 5 rings (SSSR count). The fourth-order valence-electron chi connectivity index (χ4n) is 4.90. The molecule has 0 bridgehead atoms. The van der Waals surface area contributed by atoms with Crippen molar-refractivity contribution in [3.63, 3.8) is 0 Å². The number of rotatable bonds is 5. The highest BCUT2D eigenvalue weighted by Gasteiger charge is 2.63. The topological polar surface area (TPSA) is 9.23 Å². The number of ether oxygens (including phenoxy) is 1. The molecule has 0 radical (unpaired) electrons. The van der Waals surface area contributed by atoms with Crippen LogP contribution in [-0.4, -0.2) is 11.7 Å². The molecule has 4 aromatic carbocycles. The van der Waals surface area contributed by atoms with Gasteiger partial charge in [-0.15, -0.1) is 0 Å². The first-order valence-electron chi connectivity index (χ1n) is 11.7. The van der Waals surface area contributed by atoms with E-state index in [0.29, 0.717) is 0 Å². The third-order valence-electron chi connectivity index (χ3n) is 6.32. The van der Waals surface area contributed by atoms with E-state index in [-0.39, 0.29) is 11.7 Å². The summed E-state index contributed by atoms with van der Waals surface area (Å²) in [4.78, 5) is 0. The Morgan fingerprint density at radius 3 is 1.00 bits per heavy atom. The highest BCUT2D eigenvalue weighted by atomic mass is 33.1. The van der Waals surface area contributed by atoms with Gasteiger partial charge < -0.3 is 4.74 Å². The van der Waals surface area contributed by atoms with Crippen molar-refractivity contribution in [2.75, 3.05) is 0 Å². The second-order valence-corrected chi connectivity index (χ2v) is 12.3. The van der Waals surface area contributed by atoms with E-state index < -0.39 is 9.49 Å². The van der Waals surface area contributed by atoms with Gasteiger partial charge in [0.2, 0.25) is 0 Å². The maximum absolute atomic E-state index is 7.21. The van der Waals surface area contributed by atoms with E-state index >= 15 is 0 Å². The number of hydrogen-bond acceptors (Lipinski definition) is 3. The van der Waals surface area contributed by atoms with Gasteiger partial charge in [0.25, 0.3) is 0 Å². The Morgan fingerprint density at radius 2 is 0.765 bits per heavy atom. The molecular formula is C31H30OS2. The Labute approximate surface area is 211 Å². The van der Waals surface area contributed by atoms with E-state index in [1.807, 2.05) is 21.6 Å². The molecule has 172 valence electrons. The first kappa shape index (κ1) is 23.3. The first-order valence-corrected chi connectivity index (χ1v) is 13.9. The minimum atomic E-state index is -0.397. The maximum atomic E-state index is 7.21. The molecule has 0 N–H and O–H groups in total. The molecule has 0 amide bonds. The zero-order valence-corrected chi connectivity index (χ0v) is 21.5. The van der Waals surface area contributed by atoms with Gasteiger partial charge in [0.05, 0.1) is 5.60 Å². The zero-order chi connectivity index (χ0) is 23.7. The average molecular weight is 483 g/mol. The average Bonchev–Trinajstić information content (AvgIpc) is 3.21. The van der Waals surface area contributed by atoms with Crippen LogP contribution < -0.4 is 0 Å². The van der Waals surface area contributed by atoms with Gasteiger partial charge >= 0.3 is 0 Å². The standard InChI is InChI=1S/C31H30OS2/c1-29(2,3)32-28-30(24-16-8-4-9-17-24,25-18-10-5-11-19-25)33-34-31(28,26-20-12-6-13-21-26)27-22-14-7-15-23-27/h4-23,28H,1-3H3. The minimum Gasteiger partial charge on any atom is -0.368 e. The smallest absolute Gasteiger partial charge is 0.106 e. The van der Waals surface area contributed by atoms with Crippen molar-refractivity contribution >= 4 is 21.6 Å². The summed E-state index contributed by atoms with van der Waals surface area (Å²) in [5.74, 6) is 0. The van der Waals surface area contributed by atoms with Gasteiger partial charge in [0.1, 0.15) is 15.6 Å². The Bertz CT molecular complexity index is 1030. The highest BCUT2D eigenvalue weighted by molar-refractivity contribution is 8.78. The summed E-state index contributed by atoms with van der Waals surface area (Å²) in [6.07, 6.45) is -0.162. The molecule has 0 aliphatic carbocycles. The Balaban J connectivity index is 1.85. The van der Waals surface area contributed by atoms with Crippen LogP contribution in [0.15, 0.2) is 121 Å². The van der Waals surface area contributed by atoms with Crippen LogP contribution in [0.4, 0.5) is 0 Å². The first-order chi connectivity index (χ1) is 16.5. The normalized spacial score (nSPS) is 17.5. The van der Waals surface area contributed by atoms with E-state index in [9.17, 15) is 0 Å². The van der Waals surface area contributed by atoms with E-state index in [4.69, 9.17) is 4.74 Å². The number of hydrogen-bond donors (Lipinski definition) is 0. The predicted molar refractivity (Wildman–Crippen MR) is 147 cm³/mol. The SMILES string of the molecule is CC(C)(C)OC1C(c2ccccc2)(c2ccccc2)SSC1(c1ccccc1)c1ccccc1. The lowest BCUT2D eigenvalue weighted by Crippen LogP contribution is -2.50. The fraction of sp³-hybridized carbons (Fsp3) is 0.226. The molecule has 0 aromatic heterocycles. The van der Waals surface area contributed by atoms with E-state index in [1.54, 1.807) is 0 Å². The number of benzene rings is 4. The minimum absolute atomic E-state index is 0.162. The third kappa shape index (κ3) is 4.00. The van der Waals surface area contributed by atoms with E-state index in [1.165, 1.54) is 22.3 Å². The van der Waals surface area contributed by atoms with Crippen molar-refractivity contribution in [1.82, 2.24) is 0 Å². The summed E-state index contributed by atoms with van der Waals surface area (Å²) in [6, 6.07) is 43.6. The van der Waals surface area contributed by atoms with E-state index in [2.05, 4.69) is 142 Å². The molecular weight excluding hydrogens is 452 g/mol. The predicted octanol–water partition coefficient (Wildman–Crippen LogP) is 8.45. The van der Waals surface area contributed by atoms with Crippen LogP contribution in [0.25, 0.3) is 0 Å². The fourth-order valence-corrected chi connectivity index (χ4v) is 9.26. The van der Waals surface area contributed by atoms with E-state index in [0.717, 1.165) is 0 Å². The van der Waals surface area contributed by atoms with Crippen molar-refractivity contribution in [3.8, 4) is 0 Å². The second kappa shape index (κ2) is 9.30. The van der Waals surface area contributed by atoms with Crippen molar-refractivity contribution in [2.24, 2.45) is 0 Å². The molecule has 0 saturated carbocycles. The Hall–Kier alpha value is -2.46. The monoisotopic (exact) mass is 482 g/mol. The zero-order valence-electron chi connectivity index (χ0n) is 19.8. The third-order valence-corrected chi connectivity index (χ3v) is 10.1. The van der Waals surface area contributed by atoms with Gasteiger partial charge in [-0.1, -0.05) is 143 Å². The molecule has 4 aromatic rings. The molecule has 0 spiro atoms. The quantitative estimate of drug-likeness (QED) is 0.264. The molecule has 1 fully saturated rings. The lowest BCUT2D eigenvalue weighted by Gasteiger charge is -2.45. The lowest BCUT2D eigenvalue weighted by atomic mass is 9.74. The summed E-state index contributed by atoms with van der Waals surface area (Å²) in [6.45, 7) is 6.51. The van der Waals surface area contributed by atoms with Crippen molar-refractivity contribution in [3.05, 3.63) is 144 Å².